The van der Waals surface area contributed by atoms with E-state index in [1.54, 1.807) is 11.6 Å². The number of aromatic nitrogens is 6. The summed E-state index contributed by atoms with van der Waals surface area (Å²) in [6.45, 7) is 2.05. The smallest absolute Gasteiger partial charge is 0.346 e. The van der Waals surface area contributed by atoms with Crippen molar-refractivity contribution in [2.75, 3.05) is 0 Å². The van der Waals surface area contributed by atoms with Gasteiger partial charge in [-0.1, -0.05) is 23.4 Å². The Morgan fingerprint density at radius 1 is 1.26 bits per heavy atom. The number of nitrogens with one attached hydrogen (secondary N) is 1. The Labute approximate surface area is 152 Å². The van der Waals surface area contributed by atoms with Crippen LogP contribution in [-0.4, -0.2) is 41.7 Å². The zero-order chi connectivity index (χ0) is 19.4. The molecule has 2 aromatic heterocycles. The SMILES string of the molecule is CC(Cn1cncn1)NC(=O)c1cn(Cc2ccccc2C(F)(F)F)nn1. The minimum absolute atomic E-state index is 0.0185. The Hall–Kier alpha value is -3.24. The molecule has 0 fully saturated rings. The topological polar surface area (TPSA) is 90.5 Å². The Morgan fingerprint density at radius 2 is 2.04 bits per heavy atom. The number of alkyl halides is 3. The molecule has 142 valence electrons. The van der Waals surface area contributed by atoms with Gasteiger partial charge in [-0.25, -0.2) is 9.67 Å². The number of amides is 1. The average Bonchev–Trinajstić information content (AvgIpc) is 3.26. The van der Waals surface area contributed by atoms with Gasteiger partial charge in [0.25, 0.3) is 5.91 Å². The molecule has 1 N–H and O–H groups in total. The Balaban J connectivity index is 1.66. The largest absolute Gasteiger partial charge is 0.416 e. The third-order valence-electron chi connectivity index (χ3n) is 3.73. The maximum absolute atomic E-state index is 13.1. The Bertz CT molecular complexity index is 905. The highest BCUT2D eigenvalue weighted by atomic mass is 19.4. The number of halogens is 3. The van der Waals surface area contributed by atoms with Crippen molar-refractivity contribution in [2.24, 2.45) is 0 Å². The van der Waals surface area contributed by atoms with E-state index in [2.05, 4.69) is 25.7 Å². The second-order valence-corrected chi connectivity index (χ2v) is 5.95. The Kier molecular flexibility index (Phi) is 5.19. The molecule has 8 nitrogen and oxygen atoms in total. The van der Waals surface area contributed by atoms with Crippen molar-refractivity contribution in [3.05, 3.63) is 59.9 Å². The molecule has 0 radical (unpaired) electrons. The van der Waals surface area contributed by atoms with E-state index in [0.717, 1.165) is 6.07 Å². The first-order valence-corrected chi connectivity index (χ1v) is 8.01. The van der Waals surface area contributed by atoms with Crippen LogP contribution in [0.25, 0.3) is 0 Å². The lowest BCUT2D eigenvalue weighted by Crippen LogP contribution is -2.36. The monoisotopic (exact) mass is 379 g/mol. The number of nitrogens with zero attached hydrogens (tertiary/aromatic N) is 6. The molecule has 1 atom stereocenters. The van der Waals surface area contributed by atoms with Crippen LogP contribution in [0.4, 0.5) is 13.2 Å². The Morgan fingerprint density at radius 3 is 2.74 bits per heavy atom. The van der Waals surface area contributed by atoms with E-state index < -0.39 is 17.6 Å². The highest BCUT2D eigenvalue weighted by Crippen LogP contribution is 2.32. The first kappa shape index (κ1) is 18.5. The van der Waals surface area contributed by atoms with Crippen LogP contribution in [0, 0.1) is 0 Å². The summed E-state index contributed by atoms with van der Waals surface area (Å²) in [6.07, 6.45) is -0.241. The fraction of sp³-hybridized carbons (Fsp3) is 0.312. The number of benzene rings is 1. The van der Waals surface area contributed by atoms with Crippen LogP contribution < -0.4 is 5.32 Å². The van der Waals surface area contributed by atoms with Crippen molar-refractivity contribution in [1.82, 2.24) is 35.1 Å². The van der Waals surface area contributed by atoms with Gasteiger partial charge >= 0.3 is 6.18 Å². The number of carbonyl (C=O) groups is 1. The van der Waals surface area contributed by atoms with Gasteiger partial charge in [0.1, 0.15) is 12.7 Å². The van der Waals surface area contributed by atoms with Crippen LogP contribution in [0.5, 0.6) is 0 Å². The van der Waals surface area contributed by atoms with Gasteiger partial charge in [0.2, 0.25) is 0 Å². The summed E-state index contributed by atoms with van der Waals surface area (Å²) in [5.74, 6) is -0.474. The molecule has 2 heterocycles. The predicted octanol–water partition coefficient (Wildman–Crippen LogP) is 1.76. The van der Waals surface area contributed by atoms with E-state index >= 15 is 0 Å². The van der Waals surface area contributed by atoms with Crippen LogP contribution in [0.15, 0.2) is 43.1 Å². The number of hydrogen-bond donors (Lipinski definition) is 1. The molecule has 11 heteroatoms. The molecule has 1 unspecified atom stereocenters. The predicted molar refractivity (Wildman–Crippen MR) is 87.5 cm³/mol. The van der Waals surface area contributed by atoms with Gasteiger partial charge in [-0.05, 0) is 18.6 Å². The summed E-state index contributed by atoms with van der Waals surface area (Å²) < 4.78 is 41.9. The lowest BCUT2D eigenvalue weighted by molar-refractivity contribution is -0.138. The number of rotatable bonds is 6. The van der Waals surface area contributed by atoms with Gasteiger partial charge in [-0.2, -0.15) is 18.3 Å². The standard InChI is InChI=1S/C16H16F3N7O/c1-11(6-26-10-20-9-21-26)22-15(27)14-8-25(24-23-14)7-12-4-2-3-5-13(12)16(17,18)19/h2-5,8-11H,6-7H2,1H3,(H,22,27). The fourth-order valence-electron chi connectivity index (χ4n) is 2.54. The van der Waals surface area contributed by atoms with Crippen molar-refractivity contribution in [3.8, 4) is 0 Å². The first-order valence-electron chi connectivity index (χ1n) is 8.01. The second-order valence-electron chi connectivity index (χ2n) is 5.95. The van der Waals surface area contributed by atoms with Crippen LogP contribution >= 0.6 is 0 Å². The summed E-state index contributed by atoms with van der Waals surface area (Å²) in [7, 11) is 0. The molecule has 0 aliphatic carbocycles. The van der Waals surface area contributed by atoms with Crippen LogP contribution in [0.2, 0.25) is 0 Å². The van der Waals surface area contributed by atoms with E-state index in [1.165, 1.54) is 41.7 Å². The molecule has 0 aliphatic rings. The van der Waals surface area contributed by atoms with E-state index in [1.807, 2.05) is 0 Å². The number of hydrogen-bond acceptors (Lipinski definition) is 5. The normalized spacial score (nSPS) is 12.7. The van der Waals surface area contributed by atoms with Crippen LogP contribution in [-0.2, 0) is 19.3 Å². The first-order chi connectivity index (χ1) is 12.8. The third-order valence-corrected chi connectivity index (χ3v) is 3.73. The minimum atomic E-state index is -4.46. The highest BCUT2D eigenvalue weighted by Gasteiger charge is 2.33. The molecular formula is C16H16F3N7O. The van der Waals surface area contributed by atoms with Gasteiger partial charge < -0.3 is 5.32 Å². The second kappa shape index (κ2) is 7.56. The van der Waals surface area contributed by atoms with Gasteiger partial charge in [0.05, 0.1) is 24.8 Å². The summed E-state index contributed by atoms with van der Waals surface area (Å²) in [4.78, 5) is 16.0. The quantitative estimate of drug-likeness (QED) is 0.705. The average molecular weight is 379 g/mol. The molecule has 3 aromatic rings. The zero-order valence-corrected chi connectivity index (χ0v) is 14.3. The van der Waals surface area contributed by atoms with E-state index in [0.29, 0.717) is 6.54 Å². The molecule has 0 saturated carbocycles. The van der Waals surface area contributed by atoms with Gasteiger partial charge in [-0.15, -0.1) is 5.10 Å². The van der Waals surface area contributed by atoms with Gasteiger partial charge in [0, 0.05) is 6.04 Å². The van der Waals surface area contributed by atoms with E-state index in [4.69, 9.17) is 0 Å². The van der Waals surface area contributed by atoms with Crippen molar-refractivity contribution >= 4 is 5.91 Å². The maximum atomic E-state index is 13.1. The van der Waals surface area contributed by atoms with Crippen molar-refractivity contribution in [2.45, 2.75) is 32.2 Å². The molecule has 1 aromatic carbocycles. The lowest BCUT2D eigenvalue weighted by atomic mass is 10.1. The molecule has 0 aliphatic heterocycles. The molecule has 1 amide bonds. The lowest BCUT2D eigenvalue weighted by Gasteiger charge is -2.12. The van der Waals surface area contributed by atoms with Crippen molar-refractivity contribution in [1.29, 1.82) is 0 Å². The molecule has 0 saturated heterocycles. The molecule has 0 spiro atoms. The van der Waals surface area contributed by atoms with Crippen molar-refractivity contribution in [3.63, 3.8) is 0 Å². The molecule has 27 heavy (non-hydrogen) atoms. The third kappa shape index (κ3) is 4.68. The van der Waals surface area contributed by atoms with E-state index in [9.17, 15) is 18.0 Å². The summed E-state index contributed by atoms with van der Waals surface area (Å²) in [5.41, 5.74) is -0.681. The summed E-state index contributed by atoms with van der Waals surface area (Å²) in [6, 6.07) is 4.95. The van der Waals surface area contributed by atoms with Crippen LogP contribution in [0.3, 0.4) is 0 Å². The molecule has 0 bridgehead atoms. The van der Waals surface area contributed by atoms with Crippen LogP contribution in [0.1, 0.15) is 28.5 Å². The zero-order valence-electron chi connectivity index (χ0n) is 14.3. The maximum Gasteiger partial charge on any atom is 0.416 e. The number of carbonyl (C=O) groups excluding carboxylic acids is 1. The highest BCUT2D eigenvalue weighted by molar-refractivity contribution is 5.92. The van der Waals surface area contributed by atoms with E-state index in [-0.39, 0.29) is 23.8 Å². The summed E-state index contributed by atoms with van der Waals surface area (Å²) in [5, 5.41) is 14.2. The van der Waals surface area contributed by atoms with Crippen molar-refractivity contribution < 1.29 is 18.0 Å². The molecular weight excluding hydrogens is 363 g/mol. The minimum Gasteiger partial charge on any atom is -0.346 e. The van der Waals surface area contributed by atoms with Gasteiger partial charge in [0.15, 0.2) is 5.69 Å². The van der Waals surface area contributed by atoms with Gasteiger partial charge in [-0.3, -0.25) is 9.48 Å². The summed E-state index contributed by atoms with van der Waals surface area (Å²) >= 11 is 0. The fourth-order valence-corrected chi connectivity index (χ4v) is 2.54. The molecule has 3 rings (SSSR count).